The van der Waals surface area contributed by atoms with E-state index in [1.165, 1.54) is 19.5 Å². The van der Waals surface area contributed by atoms with Gasteiger partial charge in [0.2, 0.25) is 0 Å². The van der Waals surface area contributed by atoms with E-state index < -0.39 is 17.7 Å². The average Bonchev–Trinajstić information content (AvgIpc) is 2.45. The van der Waals surface area contributed by atoms with Gasteiger partial charge in [-0.3, -0.25) is 10.8 Å². The number of hydrazine groups is 1. The predicted molar refractivity (Wildman–Crippen MR) is 71.3 cm³/mol. The largest absolute Gasteiger partial charge is 0.495 e. The van der Waals surface area contributed by atoms with Gasteiger partial charge >= 0.3 is 0 Å². The summed E-state index contributed by atoms with van der Waals surface area (Å²) in [7, 11) is 1.48. The molecule has 0 fully saturated rings. The number of methoxy groups -OCH3 is 1. The van der Waals surface area contributed by atoms with E-state index in [9.17, 15) is 8.78 Å². The molecular formula is C13H12ClF2N3O. The molecule has 0 spiro atoms. The fourth-order valence-electron chi connectivity index (χ4n) is 1.83. The molecule has 106 valence electrons. The minimum Gasteiger partial charge on any atom is -0.495 e. The molecule has 0 aliphatic rings. The standard InChI is InChI=1S/C13H12ClF2N3O/c1-20-8-2-7(5-18-6-8)13(19-17)9-3-12(16)10(14)4-11(9)15/h2-6,13,19H,17H2,1H3. The fourth-order valence-corrected chi connectivity index (χ4v) is 1.98. The van der Waals surface area contributed by atoms with E-state index in [0.717, 1.165) is 12.1 Å². The lowest BCUT2D eigenvalue weighted by molar-refractivity contribution is 0.411. The van der Waals surface area contributed by atoms with Gasteiger partial charge in [-0.25, -0.2) is 14.2 Å². The third-order valence-corrected chi connectivity index (χ3v) is 3.11. The SMILES string of the molecule is COc1cncc(C(NN)c2cc(F)c(Cl)cc2F)c1. The molecule has 1 heterocycles. The maximum absolute atomic E-state index is 13.9. The van der Waals surface area contributed by atoms with Crippen LogP contribution in [0, 0.1) is 11.6 Å². The number of nitrogens with one attached hydrogen (secondary N) is 1. The van der Waals surface area contributed by atoms with Gasteiger partial charge in [0, 0.05) is 11.8 Å². The van der Waals surface area contributed by atoms with E-state index in [1.54, 1.807) is 6.07 Å². The van der Waals surface area contributed by atoms with Crippen molar-refractivity contribution in [2.75, 3.05) is 7.11 Å². The highest BCUT2D eigenvalue weighted by Crippen LogP contribution is 2.28. The molecule has 7 heteroatoms. The number of halogens is 3. The van der Waals surface area contributed by atoms with E-state index >= 15 is 0 Å². The molecule has 2 aromatic rings. The molecule has 0 amide bonds. The summed E-state index contributed by atoms with van der Waals surface area (Å²) in [6.45, 7) is 0. The first-order valence-corrected chi connectivity index (χ1v) is 6.04. The lowest BCUT2D eigenvalue weighted by Gasteiger charge is -2.18. The summed E-state index contributed by atoms with van der Waals surface area (Å²) < 4.78 is 32.5. The van der Waals surface area contributed by atoms with Gasteiger partial charge in [0.05, 0.1) is 24.4 Å². The van der Waals surface area contributed by atoms with E-state index in [1.807, 2.05) is 0 Å². The first kappa shape index (κ1) is 14.6. The lowest BCUT2D eigenvalue weighted by Crippen LogP contribution is -2.29. The van der Waals surface area contributed by atoms with Gasteiger partial charge in [-0.1, -0.05) is 11.6 Å². The first-order valence-electron chi connectivity index (χ1n) is 5.66. The zero-order valence-corrected chi connectivity index (χ0v) is 11.3. The third kappa shape index (κ3) is 2.87. The number of benzene rings is 1. The minimum atomic E-state index is -0.774. The molecule has 1 atom stereocenters. The number of nitrogens with zero attached hydrogens (tertiary/aromatic N) is 1. The van der Waals surface area contributed by atoms with E-state index in [-0.39, 0.29) is 10.6 Å². The Hall–Kier alpha value is -1.76. The van der Waals surface area contributed by atoms with Crippen molar-refractivity contribution in [3.05, 3.63) is 58.4 Å². The normalized spacial score (nSPS) is 12.2. The van der Waals surface area contributed by atoms with Crippen molar-refractivity contribution in [2.45, 2.75) is 6.04 Å². The van der Waals surface area contributed by atoms with Crippen molar-refractivity contribution in [2.24, 2.45) is 5.84 Å². The molecule has 1 aromatic carbocycles. The van der Waals surface area contributed by atoms with E-state index in [0.29, 0.717) is 11.3 Å². The number of hydrogen-bond donors (Lipinski definition) is 2. The molecule has 0 saturated heterocycles. The Kier molecular flexibility index (Phi) is 4.49. The van der Waals surface area contributed by atoms with Crippen LogP contribution in [0.15, 0.2) is 30.6 Å². The third-order valence-electron chi connectivity index (χ3n) is 2.82. The second kappa shape index (κ2) is 6.13. The van der Waals surface area contributed by atoms with Crippen molar-refractivity contribution < 1.29 is 13.5 Å². The Morgan fingerprint density at radius 3 is 2.65 bits per heavy atom. The second-order valence-corrected chi connectivity index (χ2v) is 4.45. The summed E-state index contributed by atoms with van der Waals surface area (Å²) in [4.78, 5) is 3.96. The van der Waals surface area contributed by atoms with E-state index in [2.05, 4.69) is 10.4 Å². The Balaban J connectivity index is 2.49. The topological polar surface area (TPSA) is 60.2 Å². The summed E-state index contributed by atoms with van der Waals surface area (Å²) in [5.74, 6) is 4.54. The molecule has 1 aromatic heterocycles. The molecule has 2 rings (SSSR count). The summed E-state index contributed by atoms with van der Waals surface area (Å²) in [6.07, 6.45) is 2.98. The van der Waals surface area contributed by atoms with Crippen LogP contribution in [0.4, 0.5) is 8.78 Å². The lowest BCUT2D eigenvalue weighted by atomic mass is 10.00. The second-order valence-electron chi connectivity index (χ2n) is 4.05. The predicted octanol–water partition coefficient (Wildman–Crippen LogP) is 2.57. The fraction of sp³-hybridized carbons (Fsp3) is 0.154. The van der Waals surface area contributed by atoms with Gasteiger partial charge in [0.15, 0.2) is 0 Å². The van der Waals surface area contributed by atoms with Crippen LogP contribution in [-0.4, -0.2) is 12.1 Å². The minimum absolute atomic E-state index is 0.0319. The van der Waals surface area contributed by atoms with Gasteiger partial charge in [0.25, 0.3) is 0 Å². The maximum atomic E-state index is 13.9. The molecule has 4 nitrogen and oxygen atoms in total. The number of nitrogens with two attached hydrogens (primary N) is 1. The summed E-state index contributed by atoms with van der Waals surface area (Å²) in [5, 5.41) is -0.286. The Morgan fingerprint density at radius 1 is 1.25 bits per heavy atom. The van der Waals surface area contributed by atoms with Gasteiger partial charge < -0.3 is 4.74 Å². The van der Waals surface area contributed by atoms with Crippen LogP contribution >= 0.6 is 11.6 Å². The molecule has 1 unspecified atom stereocenters. The van der Waals surface area contributed by atoms with Gasteiger partial charge in [-0.2, -0.15) is 0 Å². The number of ether oxygens (including phenoxy) is 1. The highest BCUT2D eigenvalue weighted by molar-refractivity contribution is 6.30. The summed E-state index contributed by atoms with van der Waals surface area (Å²) in [6, 6.07) is 2.76. The molecule has 0 aliphatic heterocycles. The summed E-state index contributed by atoms with van der Waals surface area (Å²) >= 11 is 5.53. The van der Waals surface area contributed by atoms with Crippen LogP contribution in [-0.2, 0) is 0 Å². The highest BCUT2D eigenvalue weighted by Gasteiger charge is 2.20. The molecular weight excluding hydrogens is 288 g/mol. The molecule has 0 saturated carbocycles. The van der Waals surface area contributed by atoms with E-state index in [4.69, 9.17) is 22.2 Å². The van der Waals surface area contributed by atoms with Crippen LogP contribution in [0.2, 0.25) is 5.02 Å². The van der Waals surface area contributed by atoms with Crippen molar-refractivity contribution >= 4 is 11.6 Å². The highest BCUT2D eigenvalue weighted by atomic mass is 35.5. The zero-order chi connectivity index (χ0) is 14.7. The quantitative estimate of drug-likeness (QED) is 0.517. The van der Waals surface area contributed by atoms with Crippen molar-refractivity contribution in [1.29, 1.82) is 0 Å². The van der Waals surface area contributed by atoms with Crippen LogP contribution in [0.5, 0.6) is 5.75 Å². The molecule has 20 heavy (non-hydrogen) atoms. The monoisotopic (exact) mass is 299 g/mol. The Labute approximate surface area is 119 Å². The number of hydrogen-bond acceptors (Lipinski definition) is 4. The number of rotatable bonds is 4. The van der Waals surface area contributed by atoms with Crippen molar-refractivity contribution in [3.8, 4) is 5.75 Å². The smallest absolute Gasteiger partial charge is 0.142 e. The Bertz CT molecular complexity index is 625. The average molecular weight is 300 g/mol. The van der Waals surface area contributed by atoms with Crippen LogP contribution in [0.25, 0.3) is 0 Å². The summed E-state index contributed by atoms with van der Waals surface area (Å²) in [5.41, 5.74) is 2.99. The zero-order valence-electron chi connectivity index (χ0n) is 10.5. The number of aromatic nitrogens is 1. The Morgan fingerprint density at radius 2 is 2.00 bits per heavy atom. The van der Waals surface area contributed by atoms with Crippen molar-refractivity contribution in [3.63, 3.8) is 0 Å². The van der Waals surface area contributed by atoms with Crippen LogP contribution in [0.3, 0.4) is 0 Å². The molecule has 3 N–H and O–H groups in total. The van der Waals surface area contributed by atoms with Gasteiger partial charge in [-0.05, 0) is 23.8 Å². The molecule has 0 bridgehead atoms. The molecule has 0 aliphatic carbocycles. The maximum Gasteiger partial charge on any atom is 0.142 e. The van der Waals surface area contributed by atoms with Crippen molar-refractivity contribution in [1.82, 2.24) is 10.4 Å². The molecule has 0 radical (unpaired) electrons. The van der Waals surface area contributed by atoms with Crippen LogP contribution < -0.4 is 16.0 Å². The van der Waals surface area contributed by atoms with Gasteiger partial charge in [-0.15, -0.1) is 0 Å². The van der Waals surface area contributed by atoms with Crippen LogP contribution in [0.1, 0.15) is 17.2 Å². The van der Waals surface area contributed by atoms with Gasteiger partial charge in [0.1, 0.15) is 17.4 Å². The first-order chi connectivity index (χ1) is 9.56. The number of pyridine rings is 1.